The molecule has 5 nitrogen and oxygen atoms in total. The van der Waals surface area contributed by atoms with E-state index in [2.05, 4.69) is 5.32 Å². The maximum absolute atomic E-state index is 13.9. The Kier molecular flexibility index (Phi) is 6.29. The van der Waals surface area contributed by atoms with Gasteiger partial charge in [-0.3, -0.25) is 9.59 Å². The number of halogens is 2. The predicted molar refractivity (Wildman–Crippen MR) is 100 cm³/mol. The average molecular weight is 391 g/mol. The first kappa shape index (κ1) is 19.2. The minimum Gasteiger partial charge on any atom is -0.484 e. The van der Waals surface area contributed by atoms with E-state index in [9.17, 15) is 14.0 Å². The Morgan fingerprint density at radius 3 is 2.48 bits per heavy atom. The molecule has 142 valence electrons. The summed E-state index contributed by atoms with van der Waals surface area (Å²) in [5, 5.41) is 3.01. The molecule has 0 aliphatic carbocycles. The van der Waals surface area contributed by atoms with Crippen molar-refractivity contribution >= 4 is 23.4 Å². The third-order valence-corrected chi connectivity index (χ3v) is 4.75. The number of amides is 2. The first-order valence-electron chi connectivity index (χ1n) is 8.75. The zero-order valence-electron chi connectivity index (χ0n) is 14.7. The normalized spacial score (nSPS) is 14.7. The molecule has 0 atom stereocenters. The minimum absolute atomic E-state index is 0.0444. The lowest BCUT2D eigenvalue weighted by atomic mass is 10.0. The maximum Gasteiger partial charge on any atom is 0.258 e. The molecule has 2 amide bonds. The third kappa shape index (κ3) is 4.98. The number of rotatable bonds is 5. The molecule has 0 radical (unpaired) electrons. The van der Waals surface area contributed by atoms with Gasteiger partial charge in [-0.25, -0.2) is 4.39 Å². The Bertz CT molecular complexity index is 788. The molecule has 0 spiro atoms. The highest BCUT2D eigenvalue weighted by Crippen LogP contribution is 2.22. The highest BCUT2D eigenvalue weighted by atomic mass is 35.5. The van der Waals surface area contributed by atoms with Gasteiger partial charge < -0.3 is 15.0 Å². The van der Waals surface area contributed by atoms with Crippen LogP contribution in [0.15, 0.2) is 48.5 Å². The number of likely N-dealkylation sites (tertiary alicyclic amines) is 1. The van der Waals surface area contributed by atoms with Gasteiger partial charge in [-0.05, 0) is 37.1 Å². The monoisotopic (exact) mass is 390 g/mol. The van der Waals surface area contributed by atoms with Crippen molar-refractivity contribution in [3.05, 3.63) is 64.9 Å². The molecule has 2 aromatic rings. The van der Waals surface area contributed by atoms with Crippen molar-refractivity contribution in [2.45, 2.75) is 18.9 Å². The van der Waals surface area contributed by atoms with Gasteiger partial charge in [0.1, 0.15) is 11.6 Å². The van der Waals surface area contributed by atoms with Crippen molar-refractivity contribution < 1.29 is 18.7 Å². The summed E-state index contributed by atoms with van der Waals surface area (Å²) in [6.07, 6.45) is 1.18. The average Bonchev–Trinajstić information content (AvgIpc) is 2.67. The topological polar surface area (TPSA) is 58.6 Å². The summed E-state index contributed by atoms with van der Waals surface area (Å²) in [5.41, 5.74) is -0.0992. The first-order chi connectivity index (χ1) is 13.0. The highest BCUT2D eigenvalue weighted by molar-refractivity contribution is 6.33. The van der Waals surface area contributed by atoms with E-state index in [1.807, 2.05) is 18.2 Å². The second-order valence-corrected chi connectivity index (χ2v) is 6.74. The van der Waals surface area contributed by atoms with Gasteiger partial charge in [0.15, 0.2) is 6.61 Å². The zero-order chi connectivity index (χ0) is 19.2. The lowest BCUT2D eigenvalue weighted by Gasteiger charge is -2.32. The Balaban J connectivity index is 1.47. The van der Waals surface area contributed by atoms with Crippen molar-refractivity contribution in [3.63, 3.8) is 0 Å². The van der Waals surface area contributed by atoms with Crippen LogP contribution in [0.4, 0.5) is 4.39 Å². The lowest BCUT2D eigenvalue weighted by Crippen LogP contribution is -2.47. The molecular formula is C20H20ClFN2O3. The highest BCUT2D eigenvalue weighted by Gasteiger charge is 2.27. The molecule has 1 saturated heterocycles. The molecule has 2 aromatic carbocycles. The van der Waals surface area contributed by atoms with Crippen LogP contribution in [0.2, 0.25) is 5.02 Å². The van der Waals surface area contributed by atoms with Crippen molar-refractivity contribution in [3.8, 4) is 5.75 Å². The van der Waals surface area contributed by atoms with Gasteiger partial charge in [0.25, 0.3) is 11.8 Å². The molecule has 7 heteroatoms. The van der Waals surface area contributed by atoms with Crippen LogP contribution in [0.25, 0.3) is 0 Å². The molecule has 1 N–H and O–H groups in total. The van der Waals surface area contributed by atoms with Crippen molar-refractivity contribution in [2.75, 3.05) is 19.7 Å². The predicted octanol–water partition coefficient (Wildman–Crippen LogP) is 3.28. The third-order valence-electron chi connectivity index (χ3n) is 4.44. The van der Waals surface area contributed by atoms with E-state index in [0.29, 0.717) is 31.7 Å². The number of nitrogens with zero attached hydrogens (tertiary/aromatic N) is 1. The number of carbonyl (C=O) groups excluding carboxylic acids is 2. The molecule has 3 rings (SSSR count). The lowest BCUT2D eigenvalue weighted by molar-refractivity contribution is -0.124. The molecular weight excluding hydrogens is 371 g/mol. The van der Waals surface area contributed by atoms with E-state index in [-0.39, 0.29) is 29.1 Å². The van der Waals surface area contributed by atoms with Crippen LogP contribution in [-0.4, -0.2) is 42.5 Å². The summed E-state index contributed by atoms with van der Waals surface area (Å²) in [5.74, 6) is -0.619. The minimum atomic E-state index is -0.624. The van der Waals surface area contributed by atoms with Crippen LogP contribution in [0.5, 0.6) is 5.75 Å². The smallest absolute Gasteiger partial charge is 0.258 e. The molecule has 0 unspecified atom stereocenters. The van der Waals surface area contributed by atoms with Crippen molar-refractivity contribution in [1.82, 2.24) is 10.2 Å². The van der Waals surface area contributed by atoms with Gasteiger partial charge in [0.2, 0.25) is 0 Å². The van der Waals surface area contributed by atoms with Gasteiger partial charge >= 0.3 is 0 Å². The number of carbonyl (C=O) groups is 2. The van der Waals surface area contributed by atoms with E-state index in [0.717, 1.165) is 0 Å². The van der Waals surface area contributed by atoms with Crippen LogP contribution in [0.1, 0.15) is 23.2 Å². The second kappa shape index (κ2) is 8.86. The fourth-order valence-corrected chi connectivity index (χ4v) is 3.27. The Hall–Kier alpha value is -2.60. The van der Waals surface area contributed by atoms with E-state index in [1.165, 1.54) is 18.2 Å². The number of nitrogens with one attached hydrogen (secondary N) is 1. The number of ether oxygens (including phenoxy) is 1. The summed E-state index contributed by atoms with van der Waals surface area (Å²) in [7, 11) is 0. The first-order valence-corrected chi connectivity index (χ1v) is 9.13. The van der Waals surface area contributed by atoms with Gasteiger partial charge in [-0.1, -0.05) is 35.9 Å². The van der Waals surface area contributed by atoms with Crippen LogP contribution in [0, 0.1) is 5.82 Å². The van der Waals surface area contributed by atoms with E-state index in [4.69, 9.17) is 16.3 Å². The SMILES string of the molecule is O=C(COc1ccccc1)NC1CCN(C(=O)c2c(F)cccc2Cl)CC1. The van der Waals surface area contributed by atoms with Gasteiger partial charge in [-0.15, -0.1) is 0 Å². The van der Waals surface area contributed by atoms with E-state index < -0.39 is 11.7 Å². The number of hydrogen-bond acceptors (Lipinski definition) is 3. The van der Waals surface area contributed by atoms with Crippen LogP contribution in [-0.2, 0) is 4.79 Å². The zero-order valence-corrected chi connectivity index (χ0v) is 15.4. The van der Waals surface area contributed by atoms with Crippen LogP contribution in [0.3, 0.4) is 0 Å². The molecule has 1 heterocycles. The molecule has 1 aliphatic rings. The van der Waals surface area contributed by atoms with Gasteiger partial charge in [0.05, 0.1) is 10.6 Å². The van der Waals surface area contributed by atoms with Crippen molar-refractivity contribution in [2.24, 2.45) is 0 Å². The number of hydrogen-bond donors (Lipinski definition) is 1. The quantitative estimate of drug-likeness (QED) is 0.852. The Labute approximate surface area is 162 Å². The van der Waals surface area contributed by atoms with E-state index >= 15 is 0 Å². The fraction of sp³-hybridized carbons (Fsp3) is 0.300. The number of piperidine rings is 1. The van der Waals surface area contributed by atoms with Gasteiger partial charge in [-0.2, -0.15) is 0 Å². The molecule has 27 heavy (non-hydrogen) atoms. The van der Waals surface area contributed by atoms with Gasteiger partial charge in [0, 0.05) is 19.1 Å². The summed E-state index contributed by atoms with van der Waals surface area (Å²) < 4.78 is 19.3. The summed E-state index contributed by atoms with van der Waals surface area (Å²) in [4.78, 5) is 26.1. The number of para-hydroxylation sites is 1. The summed E-state index contributed by atoms with van der Waals surface area (Å²) in [6.45, 7) is 0.788. The standard InChI is InChI=1S/C20H20ClFN2O3/c21-16-7-4-8-17(22)19(16)20(26)24-11-9-14(10-12-24)23-18(25)13-27-15-5-2-1-3-6-15/h1-8,14H,9-13H2,(H,23,25). The summed E-state index contributed by atoms with van der Waals surface area (Å²) >= 11 is 5.97. The summed E-state index contributed by atoms with van der Waals surface area (Å²) in [6, 6.07) is 13.2. The molecule has 1 fully saturated rings. The molecule has 0 saturated carbocycles. The maximum atomic E-state index is 13.9. The van der Waals surface area contributed by atoms with Crippen LogP contribution >= 0.6 is 11.6 Å². The van der Waals surface area contributed by atoms with Crippen LogP contribution < -0.4 is 10.1 Å². The molecule has 1 aliphatic heterocycles. The second-order valence-electron chi connectivity index (χ2n) is 6.33. The molecule has 0 aromatic heterocycles. The Morgan fingerprint density at radius 1 is 1.11 bits per heavy atom. The van der Waals surface area contributed by atoms with E-state index in [1.54, 1.807) is 17.0 Å². The largest absolute Gasteiger partial charge is 0.484 e. The van der Waals surface area contributed by atoms with Crippen molar-refractivity contribution in [1.29, 1.82) is 0 Å². The fourth-order valence-electron chi connectivity index (χ4n) is 3.02. The molecule has 0 bridgehead atoms. The number of benzene rings is 2. The Morgan fingerprint density at radius 2 is 1.81 bits per heavy atom.